The average molecular weight is 209 g/mol. The molecule has 2 rings (SSSR count). The van der Waals surface area contributed by atoms with Crippen LogP contribution in [-0.4, -0.2) is 29.2 Å². The van der Waals surface area contributed by atoms with E-state index in [2.05, 4.69) is 0 Å². The first-order valence-electron chi connectivity index (χ1n) is 5.01. The summed E-state index contributed by atoms with van der Waals surface area (Å²) in [5.74, 6) is 0.246. The fraction of sp³-hybridized carbons (Fsp3) is 0.545. The number of nitrogens with zero attached hydrogens (tertiary/aromatic N) is 1. The highest BCUT2D eigenvalue weighted by Gasteiger charge is 2.42. The molecular formula is C11H15NO3. The standard InChI is InChI=1S/C11H15NO3/c1-8-12(11(2,3)7-15-8)10(13)9-5-4-6-14-9/h4-6,8H,7H2,1-3H3. The summed E-state index contributed by atoms with van der Waals surface area (Å²) in [7, 11) is 0. The lowest BCUT2D eigenvalue weighted by atomic mass is 10.1. The number of hydrogen-bond donors (Lipinski definition) is 0. The molecule has 15 heavy (non-hydrogen) atoms. The summed E-state index contributed by atoms with van der Waals surface area (Å²) in [6.07, 6.45) is 1.31. The summed E-state index contributed by atoms with van der Waals surface area (Å²) in [5.41, 5.74) is -0.275. The first-order chi connectivity index (χ1) is 7.02. The van der Waals surface area contributed by atoms with E-state index in [0.717, 1.165) is 0 Å². The highest BCUT2D eigenvalue weighted by molar-refractivity contribution is 5.92. The number of ether oxygens (including phenoxy) is 1. The summed E-state index contributed by atoms with van der Waals surface area (Å²) >= 11 is 0. The van der Waals surface area contributed by atoms with Gasteiger partial charge in [-0.1, -0.05) is 0 Å². The Morgan fingerprint density at radius 1 is 1.60 bits per heavy atom. The highest BCUT2D eigenvalue weighted by atomic mass is 16.5. The van der Waals surface area contributed by atoms with Gasteiger partial charge in [0.1, 0.15) is 6.23 Å². The van der Waals surface area contributed by atoms with E-state index >= 15 is 0 Å². The molecule has 2 heterocycles. The lowest BCUT2D eigenvalue weighted by Gasteiger charge is -2.31. The minimum atomic E-state index is -0.275. The van der Waals surface area contributed by atoms with Crippen molar-refractivity contribution in [3.8, 4) is 0 Å². The van der Waals surface area contributed by atoms with Gasteiger partial charge in [-0.2, -0.15) is 0 Å². The van der Waals surface area contributed by atoms with Crippen LogP contribution in [0.4, 0.5) is 0 Å². The molecule has 0 bridgehead atoms. The zero-order valence-corrected chi connectivity index (χ0v) is 9.19. The normalized spacial score (nSPS) is 24.5. The maximum atomic E-state index is 12.1. The largest absolute Gasteiger partial charge is 0.459 e. The highest BCUT2D eigenvalue weighted by Crippen LogP contribution is 2.28. The van der Waals surface area contributed by atoms with Crippen molar-refractivity contribution in [2.75, 3.05) is 6.61 Å². The van der Waals surface area contributed by atoms with Gasteiger partial charge in [0.15, 0.2) is 5.76 Å². The molecule has 1 aliphatic rings. The molecule has 1 unspecified atom stereocenters. The minimum absolute atomic E-state index is 0.116. The van der Waals surface area contributed by atoms with Crippen LogP contribution in [0.3, 0.4) is 0 Å². The number of carbonyl (C=O) groups is 1. The fourth-order valence-corrected chi connectivity index (χ4v) is 1.92. The molecule has 0 N–H and O–H groups in total. The van der Waals surface area contributed by atoms with Gasteiger partial charge >= 0.3 is 0 Å². The Hall–Kier alpha value is -1.29. The van der Waals surface area contributed by atoms with Crippen molar-refractivity contribution < 1.29 is 13.9 Å². The smallest absolute Gasteiger partial charge is 0.292 e. The lowest BCUT2D eigenvalue weighted by molar-refractivity contribution is 0.0282. The van der Waals surface area contributed by atoms with Crippen LogP contribution in [0, 0.1) is 0 Å². The Morgan fingerprint density at radius 3 is 2.80 bits per heavy atom. The number of rotatable bonds is 1. The molecule has 1 amide bonds. The maximum absolute atomic E-state index is 12.1. The molecular weight excluding hydrogens is 194 g/mol. The van der Waals surface area contributed by atoms with Crippen LogP contribution >= 0.6 is 0 Å². The van der Waals surface area contributed by atoms with Crippen molar-refractivity contribution in [3.63, 3.8) is 0 Å². The van der Waals surface area contributed by atoms with Crippen LogP contribution in [0.2, 0.25) is 0 Å². The van der Waals surface area contributed by atoms with Crippen molar-refractivity contribution in [2.45, 2.75) is 32.5 Å². The zero-order chi connectivity index (χ0) is 11.1. The zero-order valence-electron chi connectivity index (χ0n) is 9.19. The van der Waals surface area contributed by atoms with E-state index in [1.807, 2.05) is 20.8 Å². The number of hydrogen-bond acceptors (Lipinski definition) is 3. The van der Waals surface area contributed by atoms with Crippen LogP contribution in [0.5, 0.6) is 0 Å². The molecule has 4 heteroatoms. The summed E-state index contributed by atoms with van der Waals surface area (Å²) in [4.78, 5) is 13.8. The van der Waals surface area contributed by atoms with Crippen molar-refractivity contribution >= 4 is 5.91 Å². The van der Waals surface area contributed by atoms with Gasteiger partial charge in [0, 0.05) is 0 Å². The van der Waals surface area contributed by atoms with Crippen LogP contribution in [0.25, 0.3) is 0 Å². The Labute approximate surface area is 88.8 Å². The molecule has 82 valence electrons. The second-order valence-corrected chi connectivity index (χ2v) is 4.38. The SMILES string of the molecule is CC1OCC(C)(C)N1C(=O)c1ccco1. The number of carbonyl (C=O) groups excluding carboxylic acids is 1. The maximum Gasteiger partial charge on any atom is 0.292 e. The first-order valence-corrected chi connectivity index (χ1v) is 5.01. The van der Waals surface area contributed by atoms with Gasteiger partial charge in [-0.15, -0.1) is 0 Å². The van der Waals surface area contributed by atoms with E-state index in [0.29, 0.717) is 12.4 Å². The van der Waals surface area contributed by atoms with Gasteiger partial charge in [0.05, 0.1) is 18.4 Å². The quantitative estimate of drug-likeness (QED) is 0.709. The van der Waals surface area contributed by atoms with Gasteiger partial charge in [0.25, 0.3) is 5.91 Å². The van der Waals surface area contributed by atoms with Gasteiger partial charge in [-0.3, -0.25) is 4.79 Å². The van der Waals surface area contributed by atoms with Gasteiger partial charge in [-0.25, -0.2) is 0 Å². The van der Waals surface area contributed by atoms with Gasteiger partial charge in [-0.05, 0) is 32.9 Å². The van der Waals surface area contributed by atoms with Crippen LogP contribution in [0.1, 0.15) is 31.3 Å². The molecule has 0 aliphatic carbocycles. The van der Waals surface area contributed by atoms with E-state index in [-0.39, 0.29) is 17.7 Å². The number of amides is 1. The topological polar surface area (TPSA) is 42.7 Å². The second-order valence-electron chi connectivity index (χ2n) is 4.38. The molecule has 1 aromatic rings. The van der Waals surface area contributed by atoms with E-state index in [4.69, 9.17) is 9.15 Å². The van der Waals surface area contributed by atoms with Crippen molar-refractivity contribution in [1.82, 2.24) is 4.90 Å². The second kappa shape index (κ2) is 3.38. The van der Waals surface area contributed by atoms with E-state index in [1.54, 1.807) is 17.0 Å². The summed E-state index contributed by atoms with van der Waals surface area (Å²) in [6.45, 7) is 6.39. The lowest BCUT2D eigenvalue weighted by Crippen LogP contribution is -2.47. The average Bonchev–Trinajstić information content (AvgIpc) is 2.74. The third kappa shape index (κ3) is 1.65. The molecule has 0 aromatic carbocycles. The van der Waals surface area contributed by atoms with E-state index in [9.17, 15) is 4.79 Å². The summed E-state index contributed by atoms with van der Waals surface area (Å²) in [6, 6.07) is 3.38. The molecule has 4 nitrogen and oxygen atoms in total. The van der Waals surface area contributed by atoms with Crippen LogP contribution in [0.15, 0.2) is 22.8 Å². The minimum Gasteiger partial charge on any atom is -0.459 e. The van der Waals surface area contributed by atoms with Gasteiger partial charge in [0.2, 0.25) is 0 Å². The van der Waals surface area contributed by atoms with Crippen molar-refractivity contribution in [1.29, 1.82) is 0 Å². The van der Waals surface area contributed by atoms with E-state index < -0.39 is 0 Å². The molecule has 1 saturated heterocycles. The first kappa shape index (κ1) is 10.2. The van der Waals surface area contributed by atoms with E-state index in [1.165, 1.54) is 6.26 Å². The summed E-state index contributed by atoms with van der Waals surface area (Å²) < 4.78 is 10.6. The Balaban J connectivity index is 2.27. The fourth-order valence-electron chi connectivity index (χ4n) is 1.92. The summed E-state index contributed by atoms with van der Waals surface area (Å²) in [5, 5.41) is 0. The molecule has 1 fully saturated rings. The van der Waals surface area contributed by atoms with Gasteiger partial charge < -0.3 is 14.1 Å². The molecule has 0 radical (unpaired) electrons. The van der Waals surface area contributed by atoms with Crippen LogP contribution < -0.4 is 0 Å². The number of furan rings is 1. The monoisotopic (exact) mass is 209 g/mol. The van der Waals surface area contributed by atoms with Crippen molar-refractivity contribution in [3.05, 3.63) is 24.2 Å². The third-order valence-electron chi connectivity index (χ3n) is 2.64. The van der Waals surface area contributed by atoms with Crippen molar-refractivity contribution in [2.24, 2.45) is 0 Å². The molecule has 1 aliphatic heterocycles. The predicted molar refractivity (Wildman–Crippen MR) is 54.4 cm³/mol. The molecule has 1 aromatic heterocycles. The predicted octanol–water partition coefficient (Wildman–Crippen LogP) is 1.88. The molecule has 0 spiro atoms. The Bertz CT molecular complexity index is 356. The molecule has 0 saturated carbocycles. The Morgan fingerprint density at radius 2 is 2.33 bits per heavy atom. The third-order valence-corrected chi connectivity index (χ3v) is 2.64. The van der Waals surface area contributed by atoms with Crippen LogP contribution in [-0.2, 0) is 4.74 Å². The molecule has 1 atom stereocenters. The Kier molecular flexibility index (Phi) is 2.31.